The van der Waals surface area contributed by atoms with Crippen LogP contribution in [0, 0.1) is 0 Å². The largest absolute Gasteiger partial charge is 0.440 e. The zero-order valence-electron chi connectivity index (χ0n) is 11.8. The number of hydrogen-bond donors (Lipinski definition) is 0. The first-order chi connectivity index (χ1) is 7.04. The molecule has 0 aromatic heterocycles. The van der Waals surface area contributed by atoms with Gasteiger partial charge in [-0.1, -0.05) is 0 Å². The first kappa shape index (κ1) is 16.7. The molecule has 0 aliphatic carbocycles. The molecule has 0 bridgehead atoms. The molecule has 98 valence electrons. The van der Waals surface area contributed by atoms with Gasteiger partial charge in [0.1, 0.15) is 0 Å². The summed E-state index contributed by atoms with van der Waals surface area (Å²) in [6.45, 7) is 16.6. The average molecular weight is 299 g/mol. The molecule has 4 nitrogen and oxygen atoms in total. The summed E-state index contributed by atoms with van der Waals surface area (Å²) in [5, 5.41) is 0. The normalized spacial score (nSPS) is 13.9. The van der Waals surface area contributed by atoms with Crippen LogP contribution in [-0.4, -0.2) is 35.2 Å². The molecule has 0 spiro atoms. The Morgan fingerprint density at radius 3 is 1.62 bits per heavy atom. The fourth-order valence-corrected chi connectivity index (χ4v) is 13.1. The van der Waals surface area contributed by atoms with E-state index in [4.69, 9.17) is 17.4 Å². The Bertz CT molecular complexity index is 208. The zero-order valence-corrected chi connectivity index (χ0v) is 16.1. The molecule has 0 heterocycles. The minimum absolute atomic E-state index is 1.05. The molecular weight excluding hydrogens is 272 g/mol. The lowest BCUT2D eigenvalue weighted by molar-refractivity contribution is -0.132. The Morgan fingerprint density at radius 1 is 0.750 bits per heavy atom. The van der Waals surface area contributed by atoms with Crippen molar-refractivity contribution in [2.45, 2.75) is 52.4 Å². The van der Waals surface area contributed by atoms with Gasteiger partial charge >= 0.3 is 17.1 Å². The van der Waals surface area contributed by atoms with Crippen molar-refractivity contribution in [2.75, 3.05) is 0 Å². The van der Waals surface area contributed by atoms with E-state index in [1.807, 2.05) is 13.1 Å². The van der Waals surface area contributed by atoms with Crippen LogP contribution < -0.4 is 0 Å². The Labute approximate surface area is 105 Å². The summed E-state index contributed by atoms with van der Waals surface area (Å²) in [6, 6.07) is 0. The van der Waals surface area contributed by atoms with Gasteiger partial charge in [-0.05, 0) is 52.4 Å². The maximum atomic E-state index is 6.05. The molecule has 0 aromatic carbocycles. The van der Waals surface area contributed by atoms with E-state index in [1.54, 1.807) is 0 Å². The third kappa shape index (κ3) is 8.81. The lowest BCUT2D eigenvalue weighted by atomic mass is 11.9. The Morgan fingerprint density at radius 2 is 1.25 bits per heavy atom. The monoisotopic (exact) mass is 298 g/mol. The lowest BCUT2D eigenvalue weighted by Gasteiger charge is -2.33. The van der Waals surface area contributed by atoms with E-state index in [2.05, 4.69) is 39.3 Å². The van der Waals surface area contributed by atoms with Crippen LogP contribution in [-0.2, 0) is 17.4 Å². The molecule has 0 aromatic rings. The van der Waals surface area contributed by atoms with Crippen LogP contribution in [0.3, 0.4) is 0 Å². The van der Waals surface area contributed by atoms with Crippen molar-refractivity contribution in [3.05, 3.63) is 0 Å². The van der Waals surface area contributed by atoms with Gasteiger partial charge in [0.15, 0.2) is 9.04 Å². The molecule has 0 fully saturated rings. The molecule has 0 aliphatic heterocycles. The molecule has 0 atom stereocenters. The van der Waals surface area contributed by atoms with E-state index in [9.17, 15) is 0 Å². The van der Waals surface area contributed by atoms with Crippen LogP contribution >= 0.6 is 0 Å². The van der Waals surface area contributed by atoms with Crippen LogP contribution in [0.4, 0.5) is 0 Å². The molecule has 8 heteroatoms. The van der Waals surface area contributed by atoms with Crippen LogP contribution in [0.15, 0.2) is 0 Å². The summed E-state index contributed by atoms with van der Waals surface area (Å²) in [6.07, 6.45) is 0. The molecule has 0 radical (unpaired) electrons. The van der Waals surface area contributed by atoms with Crippen molar-refractivity contribution < 1.29 is 17.4 Å². The van der Waals surface area contributed by atoms with Gasteiger partial charge in [-0.3, -0.25) is 9.15 Å². The predicted molar refractivity (Wildman–Crippen MR) is 77.1 cm³/mol. The molecule has 0 aliphatic rings. The summed E-state index contributed by atoms with van der Waals surface area (Å²) in [5.41, 5.74) is 0. The van der Waals surface area contributed by atoms with Crippen LogP contribution in [0.1, 0.15) is 0 Å². The molecule has 0 unspecified atom stereocenters. The van der Waals surface area contributed by atoms with Crippen LogP contribution in [0.2, 0.25) is 52.4 Å². The summed E-state index contributed by atoms with van der Waals surface area (Å²) in [5.74, 6) is 0. The quantitative estimate of drug-likeness (QED) is 0.411. The minimum atomic E-state index is -2.20. The highest BCUT2D eigenvalue weighted by Gasteiger charge is 2.38. The van der Waals surface area contributed by atoms with Crippen molar-refractivity contribution in [3.8, 4) is 0 Å². The fraction of sp³-hybridized carbons (Fsp3) is 1.00. The SMILES string of the molecule is C[SiH](C)OO[Si](C)(C)O[Si](C)(C)O[SiH](C)C. The Balaban J connectivity index is 4.22. The van der Waals surface area contributed by atoms with E-state index >= 15 is 0 Å². The van der Waals surface area contributed by atoms with Crippen molar-refractivity contribution in [1.82, 2.24) is 0 Å². The number of rotatable bonds is 7. The zero-order chi connectivity index (χ0) is 13.0. The maximum absolute atomic E-state index is 6.05. The molecule has 0 rings (SSSR count). The van der Waals surface area contributed by atoms with Gasteiger partial charge in [0.05, 0.1) is 0 Å². The standard InChI is InChI=1S/C8H26O4Si4/c1-13(2)9-10-15(5,6)12-16(7,8)11-14(3)4/h13-14H,1-8H3. The first-order valence-electron chi connectivity index (χ1n) is 5.76. The summed E-state index contributed by atoms with van der Waals surface area (Å²) in [7, 11) is -6.44. The second-order valence-corrected chi connectivity index (χ2v) is 17.2. The van der Waals surface area contributed by atoms with Gasteiger partial charge in [0, 0.05) is 0 Å². The van der Waals surface area contributed by atoms with Crippen molar-refractivity contribution in [3.63, 3.8) is 0 Å². The van der Waals surface area contributed by atoms with E-state index in [0.29, 0.717) is 0 Å². The summed E-state index contributed by atoms with van der Waals surface area (Å²) >= 11 is 0. The fourth-order valence-electron chi connectivity index (χ4n) is 1.41. The minimum Gasteiger partial charge on any atom is -0.440 e. The second kappa shape index (κ2) is 6.59. The van der Waals surface area contributed by atoms with Gasteiger partial charge in [-0.15, -0.1) is 0 Å². The Kier molecular flexibility index (Phi) is 6.88. The van der Waals surface area contributed by atoms with Crippen LogP contribution in [0.25, 0.3) is 0 Å². The van der Waals surface area contributed by atoms with Gasteiger partial charge < -0.3 is 8.23 Å². The average Bonchev–Trinajstić information content (AvgIpc) is 1.95. The second-order valence-electron chi connectivity index (χ2n) is 5.30. The molecule has 0 saturated heterocycles. The highest BCUT2D eigenvalue weighted by Crippen LogP contribution is 2.18. The van der Waals surface area contributed by atoms with E-state index < -0.39 is 35.2 Å². The molecule has 0 amide bonds. The van der Waals surface area contributed by atoms with Crippen molar-refractivity contribution in [2.24, 2.45) is 0 Å². The van der Waals surface area contributed by atoms with E-state index in [0.717, 1.165) is 0 Å². The van der Waals surface area contributed by atoms with Crippen LogP contribution in [0.5, 0.6) is 0 Å². The third-order valence-corrected chi connectivity index (χ3v) is 10.7. The lowest BCUT2D eigenvalue weighted by Crippen LogP contribution is -2.50. The molecule has 16 heavy (non-hydrogen) atoms. The van der Waals surface area contributed by atoms with E-state index in [-0.39, 0.29) is 0 Å². The third-order valence-electron chi connectivity index (χ3n) is 1.45. The predicted octanol–water partition coefficient (Wildman–Crippen LogP) is 2.34. The Hall–Kier alpha value is 0.708. The topological polar surface area (TPSA) is 36.9 Å². The van der Waals surface area contributed by atoms with Crippen molar-refractivity contribution >= 4 is 35.2 Å². The first-order valence-corrected chi connectivity index (χ1v) is 17.0. The van der Waals surface area contributed by atoms with Gasteiger partial charge in [-0.2, -0.15) is 0 Å². The van der Waals surface area contributed by atoms with Gasteiger partial charge in [-0.25, -0.2) is 0 Å². The summed E-state index contributed by atoms with van der Waals surface area (Å²) in [4.78, 5) is 0. The molecule has 0 N–H and O–H groups in total. The van der Waals surface area contributed by atoms with Gasteiger partial charge in [0.2, 0.25) is 9.04 Å². The highest BCUT2D eigenvalue weighted by molar-refractivity contribution is 6.81. The maximum Gasteiger partial charge on any atom is 0.358 e. The summed E-state index contributed by atoms with van der Waals surface area (Å²) < 4.78 is 22.8. The molecular formula is C8H26O4Si4. The molecule has 0 saturated carbocycles. The highest BCUT2D eigenvalue weighted by atomic mass is 28.5. The number of hydrogen-bond acceptors (Lipinski definition) is 4. The van der Waals surface area contributed by atoms with Gasteiger partial charge in [0.25, 0.3) is 0 Å². The van der Waals surface area contributed by atoms with Crippen molar-refractivity contribution in [1.29, 1.82) is 0 Å². The van der Waals surface area contributed by atoms with E-state index in [1.165, 1.54) is 0 Å². The smallest absolute Gasteiger partial charge is 0.358 e.